The molecule has 0 amide bonds. The number of aliphatic hydroxyl groups is 1. The molecule has 0 saturated carbocycles. The molecule has 0 spiro atoms. The topological polar surface area (TPSA) is 62.4 Å². The van der Waals surface area contributed by atoms with Crippen LogP contribution >= 0.6 is 11.3 Å². The van der Waals surface area contributed by atoms with Gasteiger partial charge in [-0.05, 0) is 31.8 Å². The van der Waals surface area contributed by atoms with E-state index in [1.54, 1.807) is 25.2 Å². The van der Waals surface area contributed by atoms with E-state index in [1.165, 1.54) is 0 Å². The molecule has 0 unspecified atom stereocenters. The van der Waals surface area contributed by atoms with Crippen molar-refractivity contribution in [2.75, 3.05) is 13.1 Å². The molecule has 0 atom stereocenters. The molecule has 0 radical (unpaired) electrons. The van der Waals surface area contributed by atoms with Crippen molar-refractivity contribution >= 4 is 11.3 Å². The fourth-order valence-electron chi connectivity index (χ4n) is 1.85. The van der Waals surface area contributed by atoms with Crippen LogP contribution in [0.15, 0.2) is 21.3 Å². The zero-order chi connectivity index (χ0) is 13.9. The zero-order valence-corrected chi connectivity index (χ0v) is 12.3. The van der Waals surface area contributed by atoms with Crippen LogP contribution in [0.1, 0.15) is 26.7 Å². The van der Waals surface area contributed by atoms with Crippen molar-refractivity contribution < 1.29 is 9.63 Å². The predicted octanol–water partition coefficient (Wildman–Crippen LogP) is 2.39. The summed E-state index contributed by atoms with van der Waals surface area (Å²) in [6.07, 6.45) is 0. The second-order valence-electron chi connectivity index (χ2n) is 5.14. The summed E-state index contributed by atoms with van der Waals surface area (Å²) in [5, 5.41) is 17.8. The van der Waals surface area contributed by atoms with Gasteiger partial charge in [0.05, 0.1) is 12.1 Å². The Hall–Kier alpha value is -1.24. The number of nitrogens with zero attached hydrogens (tertiary/aromatic N) is 3. The molecule has 1 N–H and O–H groups in total. The van der Waals surface area contributed by atoms with Gasteiger partial charge in [-0.3, -0.25) is 4.90 Å². The van der Waals surface area contributed by atoms with E-state index >= 15 is 0 Å². The second-order valence-corrected chi connectivity index (χ2v) is 5.92. The first kappa shape index (κ1) is 14.2. The van der Waals surface area contributed by atoms with Crippen LogP contribution in [0.25, 0.3) is 11.4 Å². The Kier molecular flexibility index (Phi) is 4.34. The Morgan fingerprint density at radius 3 is 2.84 bits per heavy atom. The van der Waals surface area contributed by atoms with E-state index in [4.69, 9.17) is 4.52 Å². The van der Waals surface area contributed by atoms with E-state index in [0.717, 1.165) is 12.1 Å². The summed E-state index contributed by atoms with van der Waals surface area (Å²) in [5.74, 6) is 1.20. The van der Waals surface area contributed by atoms with Crippen molar-refractivity contribution in [3.05, 3.63) is 22.7 Å². The highest BCUT2D eigenvalue weighted by molar-refractivity contribution is 7.08. The minimum atomic E-state index is -0.730. The molecule has 6 heteroatoms. The first-order valence-electron chi connectivity index (χ1n) is 6.28. The van der Waals surface area contributed by atoms with Crippen LogP contribution < -0.4 is 0 Å². The highest BCUT2D eigenvalue weighted by atomic mass is 32.1. The number of aromatic nitrogens is 2. The summed E-state index contributed by atoms with van der Waals surface area (Å²) >= 11 is 1.60. The molecule has 0 aromatic carbocycles. The zero-order valence-electron chi connectivity index (χ0n) is 11.5. The molecule has 2 aromatic heterocycles. The van der Waals surface area contributed by atoms with Gasteiger partial charge < -0.3 is 9.63 Å². The minimum Gasteiger partial charge on any atom is -0.389 e. The smallest absolute Gasteiger partial charge is 0.241 e. The van der Waals surface area contributed by atoms with E-state index in [0.29, 0.717) is 24.8 Å². The predicted molar refractivity (Wildman–Crippen MR) is 74.9 cm³/mol. The highest BCUT2D eigenvalue weighted by Gasteiger charge is 2.19. The Labute approximate surface area is 116 Å². The number of hydrogen-bond acceptors (Lipinski definition) is 6. The maximum atomic E-state index is 9.85. The average molecular weight is 281 g/mol. The van der Waals surface area contributed by atoms with E-state index in [2.05, 4.69) is 15.0 Å². The Morgan fingerprint density at radius 1 is 1.47 bits per heavy atom. The Balaban J connectivity index is 2.03. The third-order valence-electron chi connectivity index (χ3n) is 2.66. The van der Waals surface area contributed by atoms with Crippen LogP contribution in [0.2, 0.25) is 0 Å². The molecule has 2 heterocycles. The molecule has 0 aliphatic rings. The maximum absolute atomic E-state index is 9.85. The van der Waals surface area contributed by atoms with Crippen LogP contribution in [-0.2, 0) is 6.54 Å². The number of rotatable bonds is 6. The monoisotopic (exact) mass is 281 g/mol. The summed E-state index contributed by atoms with van der Waals surface area (Å²) in [5.41, 5.74) is 0.247. The van der Waals surface area contributed by atoms with Crippen LogP contribution in [0, 0.1) is 0 Å². The summed E-state index contributed by atoms with van der Waals surface area (Å²) in [6, 6.07) is 1.97. The molecular formula is C13H19N3O2S. The molecule has 0 aliphatic heterocycles. The lowest BCUT2D eigenvalue weighted by Crippen LogP contribution is -2.38. The quantitative estimate of drug-likeness (QED) is 0.881. The van der Waals surface area contributed by atoms with Gasteiger partial charge in [0.2, 0.25) is 11.7 Å². The molecule has 0 aliphatic carbocycles. The van der Waals surface area contributed by atoms with Gasteiger partial charge in [0.1, 0.15) is 0 Å². The fraction of sp³-hybridized carbons (Fsp3) is 0.538. The third-order valence-corrected chi connectivity index (χ3v) is 3.35. The molecule has 0 fully saturated rings. The molecular weight excluding hydrogens is 262 g/mol. The second kappa shape index (κ2) is 5.81. The molecule has 0 bridgehead atoms. The van der Waals surface area contributed by atoms with Crippen molar-refractivity contribution in [2.24, 2.45) is 0 Å². The number of hydrogen-bond donors (Lipinski definition) is 1. The van der Waals surface area contributed by atoms with Crippen LogP contribution in [0.5, 0.6) is 0 Å². The lowest BCUT2D eigenvalue weighted by molar-refractivity contribution is 0.0322. The van der Waals surface area contributed by atoms with E-state index < -0.39 is 5.60 Å². The van der Waals surface area contributed by atoms with E-state index in [-0.39, 0.29) is 0 Å². The van der Waals surface area contributed by atoms with Crippen molar-refractivity contribution in [2.45, 2.75) is 32.9 Å². The maximum Gasteiger partial charge on any atom is 0.241 e. The lowest BCUT2D eigenvalue weighted by atomic mass is 10.1. The first-order valence-corrected chi connectivity index (χ1v) is 7.22. The van der Waals surface area contributed by atoms with Gasteiger partial charge in [0.25, 0.3) is 0 Å². The normalized spacial score (nSPS) is 12.3. The molecule has 2 aromatic rings. The van der Waals surface area contributed by atoms with Gasteiger partial charge in [-0.15, -0.1) is 0 Å². The average Bonchev–Trinajstić information content (AvgIpc) is 2.95. The van der Waals surface area contributed by atoms with Crippen molar-refractivity contribution in [1.29, 1.82) is 0 Å². The summed E-state index contributed by atoms with van der Waals surface area (Å²) in [7, 11) is 0. The lowest BCUT2D eigenvalue weighted by Gasteiger charge is -2.26. The van der Waals surface area contributed by atoms with Crippen LogP contribution in [-0.4, -0.2) is 38.8 Å². The Bertz CT molecular complexity index is 502. The number of thiophene rings is 1. The van der Waals surface area contributed by atoms with Crippen LogP contribution in [0.3, 0.4) is 0 Å². The van der Waals surface area contributed by atoms with E-state index in [9.17, 15) is 5.11 Å². The molecule has 2 rings (SSSR count). The molecule has 19 heavy (non-hydrogen) atoms. The first-order chi connectivity index (χ1) is 8.98. The standard InChI is InChI=1S/C13H19N3O2S/c1-4-16(9-13(2,3)17)7-11-14-12(15-18-11)10-5-6-19-8-10/h5-6,8,17H,4,7,9H2,1-3H3. The van der Waals surface area contributed by atoms with Gasteiger partial charge in [-0.25, -0.2) is 0 Å². The van der Waals surface area contributed by atoms with Crippen LogP contribution in [0.4, 0.5) is 0 Å². The Morgan fingerprint density at radius 2 is 2.26 bits per heavy atom. The summed E-state index contributed by atoms with van der Waals surface area (Å²) in [6.45, 7) is 7.57. The molecule has 104 valence electrons. The highest BCUT2D eigenvalue weighted by Crippen LogP contribution is 2.19. The van der Waals surface area contributed by atoms with Gasteiger partial charge in [-0.2, -0.15) is 16.3 Å². The summed E-state index contributed by atoms with van der Waals surface area (Å²) < 4.78 is 5.26. The summed E-state index contributed by atoms with van der Waals surface area (Å²) in [4.78, 5) is 6.45. The van der Waals surface area contributed by atoms with E-state index in [1.807, 2.05) is 23.8 Å². The van der Waals surface area contributed by atoms with Crippen molar-refractivity contribution in [1.82, 2.24) is 15.0 Å². The number of likely N-dealkylation sites (N-methyl/N-ethyl adjacent to an activating group) is 1. The molecule has 5 nitrogen and oxygen atoms in total. The largest absolute Gasteiger partial charge is 0.389 e. The minimum absolute atomic E-state index is 0.553. The molecule has 0 saturated heterocycles. The van der Waals surface area contributed by atoms with Gasteiger partial charge >= 0.3 is 0 Å². The SMILES string of the molecule is CCN(Cc1nc(-c2ccsc2)no1)CC(C)(C)O. The van der Waals surface area contributed by atoms with Gasteiger partial charge in [0.15, 0.2) is 0 Å². The van der Waals surface area contributed by atoms with Gasteiger partial charge in [-0.1, -0.05) is 12.1 Å². The fourth-order valence-corrected chi connectivity index (χ4v) is 2.48. The van der Waals surface area contributed by atoms with Crippen molar-refractivity contribution in [3.8, 4) is 11.4 Å². The third kappa shape index (κ3) is 4.12. The van der Waals surface area contributed by atoms with Crippen molar-refractivity contribution in [3.63, 3.8) is 0 Å². The van der Waals surface area contributed by atoms with Gasteiger partial charge in [0, 0.05) is 17.5 Å².